The number of nitrogens with one attached hydrogen (secondary N) is 2. The van der Waals surface area contributed by atoms with E-state index in [2.05, 4.69) is 10.6 Å². The predicted molar refractivity (Wildman–Crippen MR) is 92.2 cm³/mol. The first-order valence-electron chi connectivity index (χ1n) is 8.10. The summed E-state index contributed by atoms with van der Waals surface area (Å²) in [5.41, 5.74) is 6.16. The van der Waals surface area contributed by atoms with Gasteiger partial charge in [0.1, 0.15) is 0 Å². The van der Waals surface area contributed by atoms with Crippen LogP contribution >= 0.6 is 0 Å². The number of ether oxygens (including phenoxy) is 1. The Balaban J connectivity index is 1.87. The molecule has 0 radical (unpaired) electrons. The summed E-state index contributed by atoms with van der Waals surface area (Å²) in [6, 6.07) is 6.32. The number of hydrogen-bond acceptors (Lipinski definition) is 6. The quantitative estimate of drug-likeness (QED) is 0.478. The lowest BCUT2D eigenvalue weighted by molar-refractivity contribution is -0.0300. The Morgan fingerprint density at radius 2 is 1.91 bits per heavy atom. The first-order chi connectivity index (χ1) is 11.0. The Kier molecular flexibility index (Phi) is 6.83. The van der Waals surface area contributed by atoms with Gasteiger partial charge in [-0.2, -0.15) is 0 Å². The van der Waals surface area contributed by atoms with Gasteiger partial charge in [0.2, 0.25) is 0 Å². The van der Waals surface area contributed by atoms with Crippen LogP contribution in [0.25, 0.3) is 0 Å². The zero-order valence-corrected chi connectivity index (χ0v) is 14.4. The van der Waals surface area contributed by atoms with E-state index in [-0.39, 0.29) is 18.0 Å². The standard InChI is InChI=1S/C16H27N3O3S/c1-18-9-3-2-4-14-10-19-11-15(22-14)12-23(20,21)16-7-5-13(17)6-8-16/h5-8,14-15,18-19H,2-4,9-12,17H2,1H3/t14?,15-/m0/s1. The highest BCUT2D eigenvalue weighted by Gasteiger charge is 2.27. The molecule has 0 spiro atoms. The molecular formula is C16H27N3O3S. The highest BCUT2D eigenvalue weighted by Crippen LogP contribution is 2.18. The maximum absolute atomic E-state index is 12.5. The van der Waals surface area contributed by atoms with Crippen LogP contribution in [0.1, 0.15) is 19.3 Å². The molecule has 1 aliphatic rings. The molecule has 0 amide bonds. The van der Waals surface area contributed by atoms with Gasteiger partial charge in [0.15, 0.2) is 9.84 Å². The summed E-state index contributed by atoms with van der Waals surface area (Å²) in [6.07, 6.45) is 2.91. The lowest BCUT2D eigenvalue weighted by atomic mass is 10.1. The smallest absolute Gasteiger partial charge is 0.180 e. The third kappa shape index (κ3) is 5.76. The normalized spacial score (nSPS) is 22.1. The first-order valence-corrected chi connectivity index (χ1v) is 9.75. The summed E-state index contributed by atoms with van der Waals surface area (Å²) < 4.78 is 30.9. The van der Waals surface area contributed by atoms with Crippen LogP contribution in [0.5, 0.6) is 0 Å². The Morgan fingerprint density at radius 1 is 1.22 bits per heavy atom. The van der Waals surface area contributed by atoms with E-state index >= 15 is 0 Å². The molecule has 0 saturated carbocycles. The van der Waals surface area contributed by atoms with Gasteiger partial charge in [0.05, 0.1) is 22.9 Å². The lowest BCUT2D eigenvalue weighted by Crippen LogP contribution is -2.47. The van der Waals surface area contributed by atoms with Crippen molar-refractivity contribution in [3.05, 3.63) is 24.3 Å². The van der Waals surface area contributed by atoms with Crippen molar-refractivity contribution in [1.29, 1.82) is 0 Å². The maximum atomic E-state index is 12.5. The monoisotopic (exact) mass is 341 g/mol. The molecule has 1 saturated heterocycles. The van der Waals surface area contributed by atoms with Crippen LogP contribution < -0.4 is 16.4 Å². The topological polar surface area (TPSA) is 93.5 Å². The summed E-state index contributed by atoms with van der Waals surface area (Å²) in [5.74, 6) is -0.00304. The van der Waals surface area contributed by atoms with Crippen molar-refractivity contribution in [2.75, 3.05) is 38.2 Å². The Hall–Kier alpha value is -1.15. The van der Waals surface area contributed by atoms with Gasteiger partial charge in [-0.1, -0.05) is 0 Å². The van der Waals surface area contributed by atoms with Gasteiger partial charge in [-0.05, 0) is 57.1 Å². The molecule has 0 aliphatic carbocycles. The molecule has 1 fully saturated rings. The van der Waals surface area contributed by atoms with Gasteiger partial charge in [0.25, 0.3) is 0 Å². The zero-order valence-electron chi connectivity index (χ0n) is 13.6. The lowest BCUT2D eigenvalue weighted by Gasteiger charge is -2.31. The Bertz CT molecular complexity index is 575. The van der Waals surface area contributed by atoms with Gasteiger partial charge in [-0.15, -0.1) is 0 Å². The summed E-state index contributed by atoms with van der Waals surface area (Å²) in [6.45, 7) is 2.36. The zero-order chi connectivity index (χ0) is 16.7. The molecule has 1 unspecified atom stereocenters. The second-order valence-electron chi connectivity index (χ2n) is 5.99. The summed E-state index contributed by atoms with van der Waals surface area (Å²) in [5, 5.41) is 6.41. The van der Waals surface area contributed by atoms with E-state index in [9.17, 15) is 8.42 Å². The van der Waals surface area contributed by atoms with Gasteiger partial charge in [-0.25, -0.2) is 8.42 Å². The van der Waals surface area contributed by atoms with E-state index in [1.807, 2.05) is 7.05 Å². The number of morpholine rings is 1. The fourth-order valence-electron chi connectivity index (χ4n) is 2.73. The number of sulfone groups is 1. The average molecular weight is 341 g/mol. The minimum Gasteiger partial charge on any atom is -0.399 e. The molecule has 130 valence electrons. The van der Waals surface area contributed by atoms with Crippen LogP contribution in [-0.4, -0.2) is 53.1 Å². The highest BCUT2D eigenvalue weighted by molar-refractivity contribution is 7.91. The third-order valence-electron chi connectivity index (χ3n) is 3.98. The number of unbranched alkanes of at least 4 members (excludes halogenated alkanes) is 1. The molecule has 1 aromatic carbocycles. The van der Waals surface area contributed by atoms with E-state index in [4.69, 9.17) is 10.5 Å². The van der Waals surface area contributed by atoms with Crippen molar-refractivity contribution in [3.8, 4) is 0 Å². The molecular weight excluding hydrogens is 314 g/mol. The van der Waals surface area contributed by atoms with Crippen LogP contribution in [0.15, 0.2) is 29.2 Å². The van der Waals surface area contributed by atoms with Crippen molar-refractivity contribution in [2.45, 2.75) is 36.4 Å². The van der Waals surface area contributed by atoms with Crippen molar-refractivity contribution < 1.29 is 13.2 Å². The van der Waals surface area contributed by atoms with Crippen molar-refractivity contribution in [3.63, 3.8) is 0 Å². The number of rotatable bonds is 8. The van der Waals surface area contributed by atoms with Crippen molar-refractivity contribution >= 4 is 15.5 Å². The number of anilines is 1. The molecule has 7 heteroatoms. The third-order valence-corrected chi connectivity index (χ3v) is 5.78. The number of benzene rings is 1. The Morgan fingerprint density at radius 3 is 2.61 bits per heavy atom. The molecule has 2 rings (SSSR count). The fraction of sp³-hybridized carbons (Fsp3) is 0.625. The minimum atomic E-state index is -3.36. The molecule has 0 bridgehead atoms. The van der Waals surface area contributed by atoms with Crippen molar-refractivity contribution in [1.82, 2.24) is 10.6 Å². The molecule has 2 atom stereocenters. The van der Waals surface area contributed by atoms with E-state index in [0.29, 0.717) is 17.1 Å². The van der Waals surface area contributed by atoms with E-state index in [1.54, 1.807) is 24.3 Å². The first kappa shape index (κ1) is 18.2. The van der Waals surface area contributed by atoms with E-state index < -0.39 is 9.84 Å². The predicted octanol–water partition coefficient (Wildman–Crippen LogP) is 0.789. The second-order valence-corrected chi connectivity index (χ2v) is 8.02. The molecule has 1 aromatic rings. The van der Waals surface area contributed by atoms with Gasteiger partial charge < -0.3 is 21.1 Å². The number of nitrogens with two attached hydrogens (primary N) is 1. The van der Waals surface area contributed by atoms with Crippen LogP contribution in [0.4, 0.5) is 5.69 Å². The second kappa shape index (κ2) is 8.63. The molecule has 0 aromatic heterocycles. The van der Waals surface area contributed by atoms with Crippen LogP contribution in [-0.2, 0) is 14.6 Å². The summed E-state index contributed by atoms with van der Waals surface area (Å²) in [7, 11) is -1.42. The summed E-state index contributed by atoms with van der Waals surface area (Å²) >= 11 is 0. The molecule has 1 aliphatic heterocycles. The van der Waals surface area contributed by atoms with Crippen LogP contribution in [0.3, 0.4) is 0 Å². The maximum Gasteiger partial charge on any atom is 0.180 e. The highest BCUT2D eigenvalue weighted by atomic mass is 32.2. The minimum absolute atomic E-state index is 0.00304. The van der Waals surface area contributed by atoms with E-state index in [1.165, 1.54) is 0 Å². The van der Waals surface area contributed by atoms with Crippen LogP contribution in [0.2, 0.25) is 0 Å². The molecule has 4 N–H and O–H groups in total. The molecule has 1 heterocycles. The van der Waals surface area contributed by atoms with Crippen LogP contribution in [0, 0.1) is 0 Å². The fourth-order valence-corrected chi connectivity index (χ4v) is 4.16. The summed E-state index contributed by atoms with van der Waals surface area (Å²) in [4.78, 5) is 0.298. The number of hydrogen-bond donors (Lipinski definition) is 3. The van der Waals surface area contributed by atoms with Gasteiger partial charge in [0, 0.05) is 18.8 Å². The van der Waals surface area contributed by atoms with Crippen molar-refractivity contribution in [2.24, 2.45) is 0 Å². The van der Waals surface area contributed by atoms with Gasteiger partial charge >= 0.3 is 0 Å². The van der Waals surface area contributed by atoms with E-state index in [0.717, 1.165) is 32.4 Å². The molecule has 23 heavy (non-hydrogen) atoms. The molecule has 6 nitrogen and oxygen atoms in total. The number of nitrogen functional groups attached to an aromatic ring is 1. The largest absolute Gasteiger partial charge is 0.399 e. The van der Waals surface area contributed by atoms with Gasteiger partial charge in [-0.3, -0.25) is 0 Å². The Labute approximate surface area is 138 Å². The SMILES string of the molecule is CNCCCCC1CNC[C@@H](CS(=O)(=O)c2ccc(N)cc2)O1. The average Bonchev–Trinajstić information content (AvgIpc) is 2.52.